The van der Waals surface area contributed by atoms with E-state index in [1.54, 1.807) is 12.4 Å². The highest BCUT2D eigenvalue weighted by Crippen LogP contribution is 2.17. The van der Waals surface area contributed by atoms with Crippen molar-refractivity contribution in [2.75, 3.05) is 26.7 Å². The molecule has 1 atom stereocenters. The topological polar surface area (TPSA) is 65.5 Å². The van der Waals surface area contributed by atoms with E-state index in [1.165, 1.54) is 4.90 Å². The van der Waals surface area contributed by atoms with Crippen molar-refractivity contribution < 1.29 is 9.59 Å². The van der Waals surface area contributed by atoms with Gasteiger partial charge in [0.05, 0.1) is 6.54 Å². The normalized spacial score (nSPS) is 16.6. The van der Waals surface area contributed by atoms with Crippen LogP contribution in [0.25, 0.3) is 0 Å². The van der Waals surface area contributed by atoms with Gasteiger partial charge in [0.1, 0.15) is 0 Å². The van der Waals surface area contributed by atoms with Gasteiger partial charge in [-0.25, -0.2) is 4.79 Å². The highest BCUT2D eigenvalue weighted by molar-refractivity contribution is 5.96. The van der Waals surface area contributed by atoms with Crippen molar-refractivity contribution >= 4 is 11.9 Å². The fraction of sp³-hybridized carbons (Fsp3) is 0.462. The summed E-state index contributed by atoms with van der Waals surface area (Å²) in [6.45, 7) is 3.21. The van der Waals surface area contributed by atoms with Crippen LogP contribution in [0.2, 0.25) is 0 Å². The van der Waals surface area contributed by atoms with Gasteiger partial charge in [0.2, 0.25) is 5.91 Å². The summed E-state index contributed by atoms with van der Waals surface area (Å²) < 4.78 is 0. The van der Waals surface area contributed by atoms with Gasteiger partial charge in [-0.15, -0.1) is 0 Å². The molecule has 0 aromatic carbocycles. The van der Waals surface area contributed by atoms with Crippen LogP contribution >= 0.6 is 0 Å². The molecule has 1 saturated heterocycles. The van der Waals surface area contributed by atoms with Crippen LogP contribution in [0.3, 0.4) is 0 Å². The molecule has 3 amide bonds. The lowest BCUT2D eigenvalue weighted by Gasteiger charge is -2.25. The van der Waals surface area contributed by atoms with Crippen molar-refractivity contribution in [2.24, 2.45) is 0 Å². The summed E-state index contributed by atoms with van der Waals surface area (Å²) in [7, 11) is 1.86. The highest BCUT2D eigenvalue weighted by atomic mass is 16.2. The molecule has 1 unspecified atom stereocenters. The zero-order valence-electron chi connectivity index (χ0n) is 11.2. The van der Waals surface area contributed by atoms with Crippen molar-refractivity contribution in [1.82, 2.24) is 20.1 Å². The molecule has 0 spiro atoms. The standard InChI is InChI=1S/C13H18N4O2/c1-10(11-4-3-5-14-8-11)16(2)9-12(18)17-7-6-15-13(17)19/h3-5,8,10H,6-7,9H2,1-2H3,(H,15,19). The first-order valence-corrected chi connectivity index (χ1v) is 6.28. The molecular weight excluding hydrogens is 244 g/mol. The van der Waals surface area contributed by atoms with Crippen LogP contribution in [0.5, 0.6) is 0 Å². The Hall–Kier alpha value is -1.95. The van der Waals surface area contributed by atoms with Crippen molar-refractivity contribution in [1.29, 1.82) is 0 Å². The van der Waals surface area contributed by atoms with Gasteiger partial charge in [-0.2, -0.15) is 0 Å². The average molecular weight is 262 g/mol. The molecule has 2 rings (SSSR count). The number of imide groups is 1. The molecule has 1 aliphatic rings. The first-order valence-electron chi connectivity index (χ1n) is 6.28. The van der Waals surface area contributed by atoms with Gasteiger partial charge < -0.3 is 5.32 Å². The largest absolute Gasteiger partial charge is 0.336 e. The van der Waals surface area contributed by atoms with E-state index in [0.29, 0.717) is 13.1 Å². The number of nitrogens with one attached hydrogen (secondary N) is 1. The predicted molar refractivity (Wildman–Crippen MR) is 70.4 cm³/mol. The average Bonchev–Trinajstić information content (AvgIpc) is 2.85. The molecule has 1 aromatic rings. The van der Waals surface area contributed by atoms with Gasteiger partial charge in [-0.05, 0) is 25.6 Å². The second kappa shape index (κ2) is 5.79. The maximum absolute atomic E-state index is 12.0. The van der Waals surface area contributed by atoms with Crippen LogP contribution < -0.4 is 5.32 Å². The van der Waals surface area contributed by atoms with E-state index in [0.717, 1.165) is 5.56 Å². The minimum absolute atomic E-state index is 0.0725. The van der Waals surface area contributed by atoms with Crippen LogP contribution in [-0.4, -0.2) is 53.4 Å². The first-order chi connectivity index (χ1) is 9.09. The lowest BCUT2D eigenvalue weighted by molar-refractivity contribution is -0.128. The molecule has 1 fully saturated rings. The van der Waals surface area contributed by atoms with Crippen LogP contribution in [0, 0.1) is 0 Å². The summed E-state index contributed by atoms with van der Waals surface area (Å²) >= 11 is 0. The lowest BCUT2D eigenvalue weighted by Crippen LogP contribution is -2.41. The van der Waals surface area contributed by atoms with Gasteiger partial charge in [-0.1, -0.05) is 6.07 Å². The summed E-state index contributed by atoms with van der Waals surface area (Å²) in [5.41, 5.74) is 1.05. The van der Waals surface area contributed by atoms with Gasteiger partial charge in [0.15, 0.2) is 0 Å². The summed E-state index contributed by atoms with van der Waals surface area (Å²) in [5.74, 6) is -0.173. The quantitative estimate of drug-likeness (QED) is 0.864. The molecule has 6 heteroatoms. The number of likely N-dealkylation sites (N-methyl/N-ethyl adjacent to an activating group) is 1. The number of rotatable bonds is 4. The number of urea groups is 1. The van der Waals surface area contributed by atoms with E-state index in [9.17, 15) is 9.59 Å². The van der Waals surface area contributed by atoms with Crippen molar-refractivity contribution in [3.63, 3.8) is 0 Å². The van der Waals surface area contributed by atoms with Crippen LogP contribution in [0.1, 0.15) is 18.5 Å². The predicted octanol–water partition coefficient (Wildman–Crippen LogP) is 0.626. The SMILES string of the molecule is CC(c1cccnc1)N(C)CC(=O)N1CCNC1=O. The summed E-state index contributed by atoms with van der Waals surface area (Å²) in [6.07, 6.45) is 3.50. The highest BCUT2D eigenvalue weighted by Gasteiger charge is 2.27. The Kier molecular flexibility index (Phi) is 4.11. The maximum Gasteiger partial charge on any atom is 0.324 e. The third-order valence-corrected chi connectivity index (χ3v) is 3.37. The molecule has 6 nitrogen and oxygen atoms in total. The number of carbonyl (C=O) groups excluding carboxylic acids is 2. The van der Waals surface area contributed by atoms with Crippen LogP contribution in [-0.2, 0) is 4.79 Å². The van der Waals surface area contributed by atoms with Gasteiger partial charge >= 0.3 is 6.03 Å². The second-order valence-electron chi connectivity index (χ2n) is 4.65. The number of pyridine rings is 1. The van der Waals surface area contributed by atoms with Gasteiger partial charge in [0, 0.05) is 31.5 Å². The molecular formula is C13H18N4O2. The zero-order chi connectivity index (χ0) is 13.8. The number of nitrogens with zero attached hydrogens (tertiary/aromatic N) is 3. The minimum atomic E-state index is -0.299. The third-order valence-electron chi connectivity index (χ3n) is 3.37. The number of hydrogen-bond acceptors (Lipinski definition) is 4. The van der Waals surface area contributed by atoms with Crippen molar-refractivity contribution in [3.8, 4) is 0 Å². The Morgan fingerprint density at radius 1 is 1.63 bits per heavy atom. The zero-order valence-corrected chi connectivity index (χ0v) is 11.2. The molecule has 0 saturated carbocycles. The van der Waals surface area contributed by atoms with E-state index < -0.39 is 0 Å². The van der Waals surface area contributed by atoms with E-state index in [2.05, 4.69) is 10.3 Å². The minimum Gasteiger partial charge on any atom is -0.336 e. The van der Waals surface area contributed by atoms with Crippen molar-refractivity contribution in [3.05, 3.63) is 30.1 Å². The van der Waals surface area contributed by atoms with Gasteiger partial charge in [-0.3, -0.25) is 19.6 Å². The molecule has 19 heavy (non-hydrogen) atoms. The number of carbonyl (C=O) groups is 2. The molecule has 2 heterocycles. The number of amides is 3. The summed E-state index contributed by atoms with van der Waals surface area (Å²) in [6, 6.07) is 3.62. The summed E-state index contributed by atoms with van der Waals surface area (Å²) in [4.78, 5) is 30.6. The van der Waals surface area contributed by atoms with Crippen molar-refractivity contribution in [2.45, 2.75) is 13.0 Å². The van der Waals surface area contributed by atoms with E-state index >= 15 is 0 Å². The lowest BCUT2D eigenvalue weighted by atomic mass is 10.1. The second-order valence-corrected chi connectivity index (χ2v) is 4.65. The molecule has 0 radical (unpaired) electrons. The molecule has 1 aliphatic heterocycles. The molecule has 0 bridgehead atoms. The number of hydrogen-bond donors (Lipinski definition) is 1. The molecule has 1 N–H and O–H groups in total. The molecule has 102 valence electrons. The fourth-order valence-electron chi connectivity index (χ4n) is 2.02. The Morgan fingerprint density at radius 2 is 2.42 bits per heavy atom. The summed E-state index contributed by atoms with van der Waals surface area (Å²) in [5, 5.41) is 2.62. The maximum atomic E-state index is 12.0. The smallest absolute Gasteiger partial charge is 0.324 e. The Labute approximate surface area is 112 Å². The fourth-order valence-corrected chi connectivity index (χ4v) is 2.02. The van der Waals surface area contributed by atoms with Crippen LogP contribution in [0.15, 0.2) is 24.5 Å². The van der Waals surface area contributed by atoms with Gasteiger partial charge in [0.25, 0.3) is 0 Å². The third kappa shape index (κ3) is 3.08. The Morgan fingerprint density at radius 3 is 3.00 bits per heavy atom. The van der Waals surface area contributed by atoms with Crippen LogP contribution in [0.4, 0.5) is 4.79 Å². The molecule has 0 aliphatic carbocycles. The van der Waals surface area contributed by atoms with E-state index in [-0.39, 0.29) is 24.5 Å². The number of aromatic nitrogens is 1. The monoisotopic (exact) mass is 262 g/mol. The Bertz CT molecular complexity index is 463. The first kappa shape index (κ1) is 13.5. The van der Waals surface area contributed by atoms with E-state index in [4.69, 9.17) is 0 Å². The molecule has 1 aromatic heterocycles. The Balaban J connectivity index is 1.95. The van der Waals surface area contributed by atoms with E-state index in [1.807, 2.05) is 31.0 Å².